The van der Waals surface area contributed by atoms with E-state index in [1.807, 2.05) is 6.20 Å². The molecule has 1 heterocycles. The molecule has 2 N–H and O–H groups in total. The minimum Gasteiger partial charge on any atom is -0.394 e. The van der Waals surface area contributed by atoms with Gasteiger partial charge >= 0.3 is 0 Å². The molecule has 0 saturated carbocycles. The monoisotopic (exact) mass is 242 g/mol. The third kappa shape index (κ3) is 6.35. The van der Waals surface area contributed by atoms with Crippen LogP contribution in [0.25, 0.3) is 0 Å². The first-order valence-corrected chi connectivity index (χ1v) is 6.00. The topological polar surface area (TPSA) is 72.2 Å². The van der Waals surface area contributed by atoms with Crippen LogP contribution in [0.1, 0.15) is 19.5 Å². The van der Waals surface area contributed by atoms with Gasteiger partial charge in [-0.2, -0.15) is 0 Å². The number of ether oxygens (including phenoxy) is 1. The van der Waals surface area contributed by atoms with Crippen LogP contribution >= 0.6 is 0 Å². The number of aliphatic hydroxyl groups excluding tert-OH is 1. The molecule has 17 heavy (non-hydrogen) atoms. The summed E-state index contributed by atoms with van der Waals surface area (Å²) in [4.78, 5) is 0. The van der Waals surface area contributed by atoms with E-state index < -0.39 is 0 Å². The second-order valence-corrected chi connectivity index (χ2v) is 4.34. The van der Waals surface area contributed by atoms with E-state index in [0.717, 1.165) is 18.8 Å². The third-order valence-corrected chi connectivity index (χ3v) is 2.10. The second kappa shape index (κ2) is 8.16. The van der Waals surface area contributed by atoms with Gasteiger partial charge in [0, 0.05) is 25.9 Å². The normalized spacial score (nSPS) is 11.3. The molecule has 0 aliphatic rings. The zero-order valence-electron chi connectivity index (χ0n) is 10.6. The minimum atomic E-state index is 0.0826. The van der Waals surface area contributed by atoms with Gasteiger partial charge in [-0.15, -0.1) is 5.10 Å². The van der Waals surface area contributed by atoms with Gasteiger partial charge in [-0.3, -0.25) is 0 Å². The highest BCUT2D eigenvalue weighted by atomic mass is 16.5. The molecule has 0 radical (unpaired) electrons. The summed E-state index contributed by atoms with van der Waals surface area (Å²) < 4.78 is 7.07. The van der Waals surface area contributed by atoms with Crippen LogP contribution in [0, 0.1) is 5.92 Å². The Morgan fingerprint density at radius 3 is 3.06 bits per heavy atom. The molecular weight excluding hydrogens is 220 g/mol. The molecule has 0 atom stereocenters. The van der Waals surface area contributed by atoms with Crippen LogP contribution in [0.3, 0.4) is 0 Å². The van der Waals surface area contributed by atoms with Gasteiger partial charge < -0.3 is 15.2 Å². The average molecular weight is 242 g/mol. The molecule has 0 amide bonds. The summed E-state index contributed by atoms with van der Waals surface area (Å²) in [5, 5.41) is 19.8. The summed E-state index contributed by atoms with van der Waals surface area (Å²) in [7, 11) is 0. The average Bonchev–Trinajstić information content (AvgIpc) is 2.71. The van der Waals surface area contributed by atoms with E-state index in [9.17, 15) is 0 Å². The number of nitrogens with zero attached hydrogens (tertiary/aromatic N) is 3. The van der Waals surface area contributed by atoms with Crippen LogP contribution in [0.4, 0.5) is 0 Å². The maximum Gasteiger partial charge on any atom is 0.0964 e. The van der Waals surface area contributed by atoms with Gasteiger partial charge in [-0.25, -0.2) is 4.68 Å². The summed E-state index contributed by atoms with van der Waals surface area (Å²) in [5.74, 6) is 0.577. The molecule has 0 unspecified atom stereocenters. The van der Waals surface area contributed by atoms with Gasteiger partial charge in [0.2, 0.25) is 0 Å². The molecule has 0 spiro atoms. The van der Waals surface area contributed by atoms with Gasteiger partial charge in [0.1, 0.15) is 0 Å². The van der Waals surface area contributed by atoms with Crippen LogP contribution in [0.2, 0.25) is 0 Å². The van der Waals surface area contributed by atoms with Crippen molar-refractivity contribution in [1.29, 1.82) is 0 Å². The number of nitrogens with one attached hydrogen (secondary N) is 1. The minimum absolute atomic E-state index is 0.0826. The standard InChI is InChI=1S/C11H22N4O2/c1-10(2)9-17-6-3-12-7-11-8-15(4-5-16)14-13-11/h8,10,12,16H,3-7,9H2,1-2H3. The highest BCUT2D eigenvalue weighted by Crippen LogP contribution is 1.93. The number of hydrogen-bond acceptors (Lipinski definition) is 5. The molecule has 0 saturated heterocycles. The van der Waals surface area contributed by atoms with Crippen molar-refractivity contribution in [2.45, 2.75) is 26.9 Å². The summed E-state index contributed by atoms with van der Waals surface area (Å²) in [6.07, 6.45) is 1.83. The first kappa shape index (κ1) is 14.1. The number of aliphatic hydroxyl groups is 1. The maximum absolute atomic E-state index is 8.73. The quantitative estimate of drug-likeness (QED) is 0.598. The van der Waals surface area contributed by atoms with Crippen molar-refractivity contribution >= 4 is 0 Å². The van der Waals surface area contributed by atoms with Gasteiger partial charge in [0.15, 0.2) is 0 Å². The Hall–Kier alpha value is -0.980. The lowest BCUT2D eigenvalue weighted by Gasteiger charge is -2.06. The molecule has 0 aliphatic carbocycles. The number of aromatic nitrogens is 3. The first-order valence-electron chi connectivity index (χ1n) is 6.00. The predicted octanol–water partition coefficient (Wildman–Crippen LogP) is 0.0326. The molecule has 98 valence electrons. The summed E-state index contributed by atoms with van der Waals surface area (Å²) in [6.45, 7) is 7.83. The Labute approximate surface area is 102 Å². The van der Waals surface area contributed by atoms with E-state index in [1.165, 1.54) is 0 Å². The highest BCUT2D eigenvalue weighted by Gasteiger charge is 1.99. The van der Waals surface area contributed by atoms with E-state index in [2.05, 4.69) is 29.5 Å². The van der Waals surface area contributed by atoms with E-state index in [0.29, 0.717) is 25.6 Å². The fraction of sp³-hybridized carbons (Fsp3) is 0.818. The van der Waals surface area contributed by atoms with Gasteiger partial charge in [0.05, 0.1) is 25.5 Å². The fourth-order valence-electron chi connectivity index (χ4n) is 1.31. The molecule has 0 aliphatic heterocycles. The molecule has 0 aromatic carbocycles. The molecule has 1 rings (SSSR count). The Morgan fingerprint density at radius 1 is 1.53 bits per heavy atom. The maximum atomic E-state index is 8.73. The molecule has 6 nitrogen and oxygen atoms in total. The Morgan fingerprint density at radius 2 is 2.35 bits per heavy atom. The number of hydrogen-bond donors (Lipinski definition) is 2. The van der Waals surface area contributed by atoms with Gasteiger partial charge in [0.25, 0.3) is 0 Å². The molecular formula is C11H22N4O2. The molecule has 1 aromatic heterocycles. The lowest BCUT2D eigenvalue weighted by Crippen LogP contribution is -2.20. The van der Waals surface area contributed by atoms with Crippen LogP contribution in [-0.4, -0.2) is 46.5 Å². The van der Waals surface area contributed by atoms with Crippen molar-refractivity contribution in [2.75, 3.05) is 26.4 Å². The largest absolute Gasteiger partial charge is 0.394 e. The summed E-state index contributed by atoms with van der Waals surface area (Å²) in [5.41, 5.74) is 0.877. The zero-order chi connectivity index (χ0) is 12.5. The highest BCUT2D eigenvalue weighted by molar-refractivity contribution is 4.91. The molecule has 1 aromatic rings. The second-order valence-electron chi connectivity index (χ2n) is 4.34. The molecule has 0 bridgehead atoms. The van der Waals surface area contributed by atoms with Crippen molar-refractivity contribution in [2.24, 2.45) is 5.92 Å². The van der Waals surface area contributed by atoms with Crippen LogP contribution < -0.4 is 5.32 Å². The van der Waals surface area contributed by atoms with Gasteiger partial charge in [-0.05, 0) is 5.92 Å². The number of rotatable bonds is 9. The smallest absolute Gasteiger partial charge is 0.0964 e. The molecule has 6 heteroatoms. The summed E-state index contributed by atoms with van der Waals surface area (Å²) >= 11 is 0. The zero-order valence-corrected chi connectivity index (χ0v) is 10.6. The Balaban J connectivity index is 2.05. The predicted molar refractivity (Wildman–Crippen MR) is 64.5 cm³/mol. The first-order chi connectivity index (χ1) is 8.22. The Kier molecular flexibility index (Phi) is 6.76. The van der Waals surface area contributed by atoms with Crippen LogP contribution in [0.15, 0.2) is 6.20 Å². The van der Waals surface area contributed by atoms with E-state index in [4.69, 9.17) is 9.84 Å². The van der Waals surface area contributed by atoms with Crippen molar-refractivity contribution in [3.63, 3.8) is 0 Å². The van der Waals surface area contributed by atoms with Gasteiger partial charge in [-0.1, -0.05) is 19.1 Å². The lowest BCUT2D eigenvalue weighted by atomic mass is 10.2. The van der Waals surface area contributed by atoms with E-state index >= 15 is 0 Å². The van der Waals surface area contributed by atoms with Crippen molar-refractivity contribution < 1.29 is 9.84 Å². The SMILES string of the molecule is CC(C)COCCNCc1cn(CCO)nn1. The van der Waals surface area contributed by atoms with Crippen LogP contribution in [0.5, 0.6) is 0 Å². The van der Waals surface area contributed by atoms with Crippen molar-refractivity contribution in [3.8, 4) is 0 Å². The summed E-state index contributed by atoms with van der Waals surface area (Å²) in [6, 6.07) is 0. The van der Waals surface area contributed by atoms with E-state index in [-0.39, 0.29) is 6.61 Å². The van der Waals surface area contributed by atoms with Crippen LogP contribution in [-0.2, 0) is 17.8 Å². The Bertz CT molecular complexity index is 301. The van der Waals surface area contributed by atoms with Crippen molar-refractivity contribution in [3.05, 3.63) is 11.9 Å². The van der Waals surface area contributed by atoms with Crippen molar-refractivity contribution in [1.82, 2.24) is 20.3 Å². The lowest BCUT2D eigenvalue weighted by molar-refractivity contribution is 0.111. The van der Waals surface area contributed by atoms with E-state index in [1.54, 1.807) is 4.68 Å². The third-order valence-electron chi connectivity index (χ3n) is 2.10. The molecule has 0 fully saturated rings. The fourth-order valence-corrected chi connectivity index (χ4v) is 1.31.